The molecule has 2 aliphatic rings. The van der Waals surface area contributed by atoms with Gasteiger partial charge in [0, 0.05) is 59.9 Å². The van der Waals surface area contributed by atoms with Gasteiger partial charge in [-0.3, -0.25) is 0 Å². The Morgan fingerprint density at radius 1 is 0.649 bits per heavy atom. The smallest absolute Gasteiger partial charge is 0.329 e. The number of aryl methyl sites for hydroxylation is 1. The number of nitrogens with zero attached hydrogens (tertiary/aromatic N) is 5. The summed E-state index contributed by atoms with van der Waals surface area (Å²) in [6.45, 7) is 0.0190. The van der Waals surface area contributed by atoms with Crippen molar-refractivity contribution >= 4 is 29.1 Å². The fraction of sp³-hybridized carbons (Fsp3) is 0.0323. The highest BCUT2D eigenvalue weighted by molar-refractivity contribution is 6.92. The van der Waals surface area contributed by atoms with Crippen LogP contribution in [-0.4, -0.2) is 26.2 Å². The number of rotatable bonds is 2. The summed E-state index contributed by atoms with van der Waals surface area (Å²) >= 11 is 0. The third kappa shape index (κ3) is 2.87. The zero-order valence-electron chi connectivity index (χ0n) is 20.3. The molecule has 0 radical (unpaired) electrons. The lowest BCUT2D eigenvalue weighted by Crippen LogP contribution is -2.59. The molecule has 2 aromatic heterocycles. The minimum Gasteiger partial charge on any atom is -0.376 e. The van der Waals surface area contributed by atoms with Gasteiger partial charge in [-0.25, -0.2) is 9.67 Å². The van der Waals surface area contributed by atoms with Crippen molar-refractivity contribution < 1.29 is 0 Å². The van der Waals surface area contributed by atoms with Crippen LogP contribution in [0.3, 0.4) is 0 Å². The Kier molecular flexibility index (Phi) is 4.17. The first-order chi connectivity index (χ1) is 18.3. The van der Waals surface area contributed by atoms with Gasteiger partial charge in [-0.05, 0) is 52.4 Å². The second-order valence-electron chi connectivity index (χ2n) is 9.69. The monoisotopic (exact) mass is 475 g/mol. The molecular formula is C31H22BN5. The molecule has 6 heteroatoms. The van der Waals surface area contributed by atoms with Crippen molar-refractivity contribution in [3.8, 4) is 39.3 Å². The van der Waals surface area contributed by atoms with Crippen LogP contribution < -0.4 is 15.7 Å². The standard InChI is InChI=1S/C31H22BN5/c1-35-18-16-33-31(35)21-11-13-23-25-7-2-4-9-29(25)37-30-10-5-3-8-26(30)24-14-12-22(36-17-6-15-34-36)20-28(24)32(37)27(23)19-21/h2-20H,1H3. The quantitative estimate of drug-likeness (QED) is 0.324. The van der Waals surface area contributed by atoms with Crippen LogP contribution in [0.15, 0.2) is 116 Å². The molecule has 4 aromatic carbocycles. The number of hydrogen-bond acceptors (Lipinski definition) is 3. The molecule has 0 bridgehead atoms. The molecule has 0 fully saturated rings. The molecule has 0 N–H and O–H groups in total. The number of benzene rings is 4. The van der Waals surface area contributed by atoms with Gasteiger partial charge in [0.05, 0.1) is 5.69 Å². The van der Waals surface area contributed by atoms with E-state index in [1.54, 1.807) is 0 Å². The number of anilines is 2. The van der Waals surface area contributed by atoms with Crippen LogP contribution in [0, 0.1) is 0 Å². The summed E-state index contributed by atoms with van der Waals surface area (Å²) < 4.78 is 4.02. The summed E-state index contributed by atoms with van der Waals surface area (Å²) in [4.78, 5) is 7.17. The lowest BCUT2D eigenvalue weighted by molar-refractivity contribution is 0.881. The highest BCUT2D eigenvalue weighted by Gasteiger charge is 2.42. The zero-order chi connectivity index (χ0) is 24.5. The van der Waals surface area contributed by atoms with E-state index in [4.69, 9.17) is 0 Å². The average molecular weight is 475 g/mol. The lowest BCUT2D eigenvalue weighted by atomic mass is 9.43. The van der Waals surface area contributed by atoms with E-state index >= 15 is 0 Å². The summed E-state index contributed by atoms with van der Waals surface area (Å²) in [5.41, 5.74) is 12.2. The van der Waals surface area contributed by atoms with Gasteiger partial charge in [0.2, 0.25) is 0 Å². The van der Waals surface area contributed by atoms with E-state index in [-0.39, 0.29) is 6.85 Å². The molecule has 0 saturated carbocycles. The van der Waals surface area contributed by atoms with E-state index in [1.807, 2.05) is 42.6 Å². The van der Waals surface area contributed by atoms with Gasteiger partial charge in [0.15, 0.2) is 0 Å². The zero-order valence-corrected chi connectivity index (χ0v) is 20.3. The van der Waals surface area contributed by atoms with Gasteiger partial charge in [-0.1, -0.05) is 60.7 Å². The van der Waals surface area contributed by atoms with Gasteiger partial charge >= 0.3 is 6.85 Å². The fourth-order valence-electron chi connectivity index (χ4n) is 6.08. The number of para-hydroxylation sites is 2. The van der Waals surface area contributed by atoms with E-state index in [0.29, 0.717) is 0 Å². The molecule has 0 amide bonds. The SMILES string of the molecule is Cn1ccnc1-c1ccc2c(c1)B1c3cc(-n4cccn4)ccc3-c3ccccc3N1c1ccccc1-2. The molecular weight excluding hydrogens is 453 g/mol. The summed E-state index contributed by atoms with van der Waals surface area (Å²) in [5, 5.41) is 4.51. The first-order valence-electron chi connectivity index (χ1n) is 12.5. The van der Waals surface area contributed by atoms with E-state index in [2.05, 4.69) is 104 Å². The Morgan fingerprint density at radius 2 is 1.35 bits per heavy atom. The van der Waals surface area contributed by atoms with Crippen molar-refractivity contribution in [1.82, 2.24) is 19.3 Å². The predicted octanol–water partition coefficient (Wildman–Crippen LogP) is 5.18. The maximum atomic E-state index is 4.65. The maximum Gasteiger partial charge on any atom is 0.329 e. The number of imidazole rings is 1. The van der Waals surface area contributed by atoms with Crippen molar-refractivity contribution in [3.63, 3.8) is 0 Å². The molecule has 37 heavy (non-hydrogen) atoms. The molecule has 0 aliphatic carbocycles. The van der Waals surface area contributed by atoms with Gasteiger partial charge in [-0.15, -0.1) is 0 Å². The van der Waals surface area contributed by atoms with Crippen LogP contribution in [0.4, 0.5) is 11.4 Å². The number of aromatic nitrogens is 4. The molecule has 6 aromatic rings. The fourth-order valence-corrected chi connectivity index (χ4v) is 6.08. The first kappa shape index (κ1) is 20.4. The summed E-state index contributed by atoms with van der Waals surface area (Å²) in [5.74, 6) is 0.968. The number of fused-ring (bicyclic) bond motifs is 11. The van der Waals surface area contributed by atoms with Gasteiger partial charge < -0.3 is 9.38 Å². The maximum absolute atomic E-state index is 4.65. The van der Waals surface area contributed by atoms with Crippen molar-refractivity contribution in [3.05, 3.63) is 116 Å². The molecule has 4 heterocycles. The summed E-state index contributed by atoms with van der Waals surface area (Å²) in [7, 11) is 2.05. The molecule has 0 atom stereocenters. The van der Waals surface area contributed by atoms with Crippen molar-refractivity contribution in [2.75, 3.05) is 4.81 Å². The summed E-state index contributed by atoms with van der Waals surface area (Å²) in [6.07, 6.45) is 7.68. The summed E-state index contributed by atoms with van der Waals surface area (Å²) in [6, 6.07) is 33.0. The third-order valence-electron chi connectivity index (χ3n) is 7.69. The van der Waals surface area contributed by atoms with Crippen molar-refractivity contribution in [2.45, 2.75) is 0 Å². The Morgan fingerprint density at radius 3 is 2.03 bits per heavy atom. The van der Waals surface area contributed by atoms with E-state index < -0.39 is 0 Å². The lowest BCUT2D eigenvalue weighted by Gasteiger charge is -2.43. The van der Waals surface area contributed by atoms with Crippen LogP contribution in [0.25, 0.3) is 39.3 Å². The van der Waals surface area contributed by atoms with E-state index in [1.165, 1.54) is 44.6 Å². The molecule has 174 valence electrons. The highest BCUT2D eigenvalue weighted by atomic mass is 15.3. The van der Waals surface area contributed by atoms with Crippen molar-refractivity contribution in [2.24, 2.45) is 7.05 Å². The highest BCUT2D eigenvalue weighted by Crippen LogP contribution is 2.46. The topological polar surface area (TPSA) is 38.9 Å². The minimum absolute atomic E-state index is 0.0190. The van der Waals surface area contributed by atoms with Gasteiger partial charge in [0.1, 0.15) is 5.82 Å². The predicted molar refractivity (Wildman–Crippen MR) is 150 cm³/mol. The second kappa shape index (κ2) is 7.58. The molecule has 5 nitrogen and oxygen atoms in total. The first-order valence-corrected chi connectivity index (χ1v) is 12.5. The molecule has 0 unspecified atom stereocenters. The molecule has 0 spiro atoms. The van der Waals surface area contributed by atoms with Gasteiger partial charge in [-0.2, -0.15) is 5.10 Å². The molecule has 0 saturated heterocycles. The third-order valence-corrected chi connectivity index (χ3v) is 7.69. The normalized spacial score (nSPS) is 12.9. The number of hydrogen-bond donors (Lipinski definition) is 0. The van der Waals surface area contributed by atoms with Crippen molar-refractivity contribution in [1.29, 1.82) is 0 Å². The Bertz CT molecular complexity index is 1820. The van der Waals surface area contributed by atoms with Gasteiger partial charge in [0.25, 0.3) is 0 Å². The Labute approximate surface area is 215 Å². The van der Waals surface area contributed by atoms with Crippen LogP contribution in [0.2, 0.25) is 0 Å². The Hall–Kier alpha value is -4.84. The molecule has 2 aliphatic heterocycles. The second-order valence-corrected chi connectivity index (χ2v) is 9.69. The molecule has 8 rings (SSSR count). The largest absolute Gasteiger partial charge is 0.376 e. The van der Waals surface area contributed by atoms with Crippen LogP contribution in [0.5, 0.6) is 0 Å². The van der Waals surface area contributed by atoms with Crippen LogP contribution >= 0.6 is 0 Å². The van der Waals surface area contributed by atoms with Crippen LogP contribution in [0.1, 0.15) is 0 Å². The van der Waals surface area contributed by atoms with E-state index in [0.717, 1.165) is 17.1 Å². The van der Waals surface area contributed by atoms with E-state index in [9.17, 15) is 0 Å². The minimum atomic E-state index is 0.0190. The Balaban J connectivity index is 1.46. The average Bonchev–Trinajstić information content (AvgIpc) is 3.64. The van der Waals surface area contributed by atoms with Crippen LogP contribution in [-0.2, 0) is 7.05 Å².